The number of hydrogen-bond acceptors (Lipinski definition) is 6. The van der Waals surface area contributed by atoms with Gasteiger partial charge in [0, 0.05) is 24.5 Å². The molecule has 0 saturated carbocycles. The summed E-state index contributed by atoms with van der Waals surface area (Å²) >= 11 is 2.81. The number of aliphatic carboxylic acids is 1. The normalized spacial score (nSPS) is 12.8. The zero-order valence-electron chi connectivity index (χ0n) is 10.6. The summed E-state index contributed by atoms with van der Waals surface area (Å²) in [7, 11) is 0. The Morgan fingerprint density at radius 2 is 2.29 bits per heavy atom. The lowest BCUT2D eigenvalue weighted by atomic mass is 10.2. The Morgan fingerprint density at radius 1 is 1.48 bits per heavy atom. The fourth-order valence-corrected chi connectivity index (χ4v) is 3.61. The molecule has 110 valence electrons. The summed E-state index contributed by atoms with van der Waals surface area (Å²) in [6.45, 7) is 0.100. The molecule has 21 heavy (non-hydrogen) atoms. The number of hydrogen-bond donors (Lipinski definition) is 3. The van der Waals surface area contributed by atoms with E-state index in [0.717, 1.165) is 15.3 Å². The standard InChI is InChI=1S/C12H11N3O4S2/c16-7(11(18)19)1-2-13-9(17)8-5-6-10(21-8)14-12-15(6)3-4-20-12/h3-5,7,16H,1-2H2,(H,13,17)(H,18,19)/t7-/m0/s1. The van der Waals surface area contributed by atoms with E-state index in [0.29, 0.717) is 4.88 Å². The SMILES string of the molecule is O=C(NCC[C@H](O)C(=O)O)c1cc2c(nc3sccn32)s1. The van der Waals surface area contributed by atoms with Gasteiger partial charge in [-0.1, -0.05) is 0 Å². The molecule has 7 nitrogen and oxygen atoms in total. The molecular formula is C12H11N3O4S2. The number of aromatic nitrogens is 2. The summed E-state index contributed by atoms with van der Waals surface area (Å²) in [4.78, 5) is 29.0. The fraction of sp³-hybridized carbons (Fsp3) is 0.250. The van der Waals surface area contributed by atoms with Gasteiger partial charge in [-0.15, -0.1) is 22.7 Å². The lowest BCUT2D eigenvalue weighted by molar-refractivity contribution is -0.146. The van der Waals surface area contributed by atoms with Crippen LogP contribution in [0.5, 0.6) is 0 Å². The van der Waals surface area contributed by atoms with Crippen LogP contribution in [0.25, 0.3) is 15.3 Å². The molecule has 3 aromatic rings. The van der Waals surface area contributed by atoms with Crippen molar-refractivity contribution in [1.29, 1.82) is 0 Å². The van der Waals surface area contributed by atoms with Gasteiger partial charge in [-0.3, -0.25) is 9.20 Å². The van der Waals surface area contributed by atoms with Gasteiger partial charge in [-0.05, 0) is 6.07 Å². The van der Waals surface area contributed by atoms with Crippen LogP contribution in [0, 0.1) is 0 Å². The van der Waals surface area contributed by atoms with E-state index in [1.54, 1.807) is 6.07 Å². The number of rotatable bonds is 5. The summed E-state index contributed by atoms with van der Waals surface area (Å²) in [5.41, 5.74) is 0.881. The van der Waals surface area contributed by atoms with Crippen LogP contribution >= 0.6 is 22.7 Å². The van der Waals surface area contributed by atoms with Crippen LogP contribution < -0.4 is 5.32 Å². The Labute approximate surface area is 126 Å². The first-order chi connectivity index (χ1) is 10.1. The van der Waals surface area contributed by atoms with Crippen molar-refractivity contribution in [2.24, 2.45) is 0 Å². The van der Waals surface area contributed by atoms with Crippen molar-refractivity contribution < 1.29 is 19.8 Å². The average molecular weight is 325 g/mol. The van der Waals surface area contributed by atoms with E-state index in [9.17, 15) is 9.59 Å². The number of aliphatic hydroxyl groups excluding tert-OH is 1. The zero-order chi connectivity index (χ0) is 15.0. The Morgan fingerprint density at radius 3 is 3.05 bits per heavy atom. The number of imidazole rings is 1. The van der Waals surface area contributed by atoms with E-state index in [2.05, 4.69) is 10.3 Å². The molecule has 0 fully saturated rings. The minimum absolute atomic E-state index is 0.0278. The molecule has 3 N–H and O–H groups in total. The van der Waals surface area contributed by atoms with Crippen molar-refractivity contribution >= 4 is 49.9 Å². The zero-order valence-corrected chi connectivity index (χ0v) is 12.3. The third kappa shape index (κ3) is 2.62. The van der Waals surface area contributed by atoms with Gasteiger partial charge in [0.05, 0.1) is 10.4 Å². The van der Waals surface area contributed by atoms with E-state index in [4.69, 9.17) is 10.2 Å². The van der Waals surface area contributed by atoms with E-state index in [1.165, 1.54) is 22.7 Å². The molecule has 1 amide bonds. The van der Waals surface area contributed by atoms with Crippen LogP contribution in [0.4, 0.5) is 0 Å². The van der Waals surface area contributed by atoms with Crippen molar-refractivity contribution in [3.05, 3.63) is 22.5 Å². The Balaban J connectivity index is 1.69. The monoisotopic (exact) mass is 325 g/mol. The molecule has 0 unspecified atom stereocenters. The summed E-state index contributed by atoms with van der Waals surface area (Å²) in [6, 6.07) is 1.76. The minimum atomic E-state index is -1.46. The number of nitrogens with zero attached hydrogens (tertiary/aromatic N) is 2. The van der Waals surface area contributed by atoms with Crippen molar-refractivity contribution in [3.8, 4) is 0 Å². The van der Waals surface area contributed by atoms with Gasteiger partial charge in [-0.2, -0.15) is 0 Å². The quantitative estimate of drug-likeness (QED) is 0.653. The van der Waals surface area contributed by atoms with E-state index in [-0.39, 0.29) is 18.9 Å². The van der Waals surface area contributed by atoms with Gasteiger partial charge in [0.2, 0.25) is 0 Å². The summed E-state index contributed by atoms with van der Waals surface area (Å²) in [5.74, 6) is -1.58. The van der Waals surface area contributed by atoms with E-state index < -0.39 is 12.1 Å². The van der Waals surface area contributed by atoms with Crippen LogP contribution in [0.15, 0.2) is 17.6 Å². The summed E-state index contributed by atoms with van der Waals surface area (Å²) in [5, 5.41) is 22.2. The number of amides is 1. The maximum absolute atomic E-state index is 12.0. The number of nitrogens with one attached hydrogen (secondary N) is 1. The highest BCUT2D eigenvalue weighted by Crippen LogP contribution is 2.28. The van der Waals surface area contributed by atoms with Crippen molar-refractivity contribution in [2.45, 2.75) is 12.5 Å². The molecule has 0 aliphatic rings. The number of carboxylic acid groups (broad SMARTS) is 1. The second-order valence-electron chi connectivity index (χ2n) is 4.37. The first-order valence-electron chi connectivity index (χ1n) is 6.10. The van der Waals surface area contributed by atoms with Crippen molar-refractivity contribution in [3.63, 3.8) is 0 Å². The van der Waals surface area contributed by atoms with Gasteiger partial charge >= 0.3 is 5.97 Å². The number of fused-ring (bicyclic) bond motifs is 3. The van der Waals surface area contributed by atoms with Crippen LogP contribution in [-0.2, 0) is 4.79 Å². The molecule has 9 heteroatoms. The summed E-state index contributed by atoms with van der Waals surface area (Å²) in [6.07, 6.45) is 0.407. The molecule has 1 atom stereocenters. The lowest BCUT2D eigenvalue weighted by Crippen LogP contribution is -2.29. The second kappa shape index (κ2) is 5.43. The predicted octanol–water partition coefficient (Wildman–Crippen LogP) is 1.18. The topological polar surface area (TPSA) is 104 Å². The van der Waals surface area contributed by atoms with Crippen LogP contribution in [-0.4, -0.2) is 44.1 Å². The fourth-order valence-electron chi connectivity index (χ4n) is 1.89. The molecular weight excluding hydrogens is 314 g/mol. The van der Waals surface area contributed by atoms with Gasteiger partial charge in [0.25, 0.3) is 5.91 Å². The van der Waals surface area contributed by atoms with Crippen LogP contribution in [0.3, 0.4) is 0 Å². The number of thiazole rings is 1. The van der Waals surface area contributed by atoms with Gasteiger partial charge in [0.1, 0.15) is 4.83 Å². The number of carbonyl (C=O) groups excluding carboxylic acids is 1. The molecule has 0 aliphatic carbocycles. The molecule has 0 saturated heterocycles. The van der Waals surface area contributed by atoms with Gasteiger partial charge in [0.15, 0.2) is 11.1 Å². The van der Waals surface area contributed by atoms with Crippen LogP contribution in [0.2, 0.25) is 0 Å². The highest BCUT2D eigenvalue weighted by molar-refractivity contribution is 7.21. The molecule has 0 aromatic carbocycles. The molecule has 3 rings (SSSR count). The van der Waals surface area contributed by atoms with E-state index >= 15 is 0 Å². The Kier molecular flexibility index (Phi) is 3.62. The average Bonchev–Trinajstić information content (AvgIpc) is 3.08. The third-order valence-electron chi connectivity index (χ3n) is 2.95. The van der Waals surface area contributed by atoms with Gasteiger partial charge in [-0.25, -0.2) is 9.78 Å². The highest BCUT2D eigenvalue weighted by Gasteiger charge is 2.16. The maximum Gasteiger partial charge on any atom is 0.332 e. The second-order valence-corrected chi connectivity index (χ2v) is 6.27. The third-order valence-corrected chi connectivity index (χ3v) is 4.73. The first-order valence-corrected chi connectivity index (χ1v) is 7.80. The number of aliphatic hydroxyl groups is 1. The summed E-state index contributed by atoms with van der Waals surface area (Å²) < 4.78 is 1.92. The van der Waals surface area contributed by atoms with Crippen molar-refractivity contribution in [2.75, 3.05) is 6.54 Å². The highest BCUT2D eigenvalue weighted by atomic mass is 32.1. The number of thiophene rings is 1. The molecule has 3 aromatic heterocycles. The lowest BCUT2D eigenvalue weighted by Gasteiger charge is -2.06. The Bertz CT molecular complexity index is 819. The molecule has 3 heterocycles. The van der Waals surface area contributed by atoms with Crippen molar-refractivity contribution in [1.82, 2.24) is 14.7 Å². The smallest absolute Gasteiger partial charge is 0.332 e. The molecule has 0 bridgehead atoms. The number of carbonyl (C=O) groups is 2. The largest absolute Gasteiger partial charge is 0.479 e. The van der Waals surface area contributed by atoms with Crippen LogP contribution in [0.1, 0.15) is 16.1 Å². The molecule has 0 aliphatic heterocycles. The number of carboxylic acids is 1. The van der Waals surface area contributed by atoms with E-state index in [1.807, 2.05) is 16.0 Å². The molecule has 0 radical (unpaired) electrons. The predicted molar refractivity (Wildman–Crippen MR) is 79.0 cm³/mol. The van der Waals surface area contributed by atoms with Gasteiger partial charge < -0.3 is 15.5 Å². The Hall–Kier alpha value is -1.97. The maximum atomic E-state index is 12.0. The molecule has 0 spiro atoms. The first kappa shape index (κ1) is 14.0. The minimum Gasteiger partial charge on any atom is -0.479 e.